The summed E-state index contributed by atoms with van der Waals surface area (Å²) in [5, 5.41) is 29.0. The van der Waals surface area contributed by atoms with Crippen LogP contribution < -0.4 is 10.6 Å². The van der Waals surface area contributed by atoms with E-state index in [-0.39, 0.29) is 33.7 Å². The van der Waals surface area contributed by atoms with Gasteiger partial charge in [0.25, 0.3) is 11.8 Å². The van der Waals surface area contributed by atoms with Gasteiger partial charge >= 0.3 is 0 Å². The van der Waals surface area contributed by atoms with E-state index >= 15 is 0 Å². The molecule has 2 N–H and O–H groups in total. The first-order valence-electron chi connectivity index (χ1n) is 10.6. The van der Waals surface area contributed by atoms with Gasteiger partial charge in [0.1, 0.15) is 17.3 Å². The number of hydrogen-bond donors (Lipinski definition) is 2. The molecule has 9 nitrogen and oxygen atoms in total. The first kappa shape index (κ1) is 24.6. The molecule has 3 aromatic rings. The van der Waals surface area contributed by atoms with Crippen LogP contribution in [0.4, 0.5) is 5.69 Å². The van der Waals surface area contributed by atoms with Crippen molar-refractivity contribution in [2.24, 2.45) is 5.92 Å². The van der Waals surface area contributed by atoms with E-state index in [0.29, 0.717) is 11.3 Å². The minimum atomic E-state index is -0.996. The van der Waals surface area contributed by atoms with Gasteiger partial charge in [-0.15, -0.1) is 0 Å². The summed E-state index contributed by atoms with van der Waals surface area (Å²) in [6.07, 6.45) is 3.25. The van der Waals surface area contributed by atoms with Gasteiger partial charge in [-0.25, -0.2) is 9.67 Å². The zero-order valence-electron chi connectivity index (χ0n) is 18.8. The van der Waals surface area contributed by atoms with E-state index in [0.717, 1.165) is 16.4 Å². The van der Waals surface area contributed by atoms with E-state index in [1.807, 2.05) is 12.1 Å². The van der Waals surface area contributed by atoms with Crippen LogP contribution in [0.5, 0.6) is 0 Å². The van der Waals surface area contributed by atoms with Crippen molar-refractivity contribution in [3.8, 4) is 18.0 Å². The number of hydrogen-bond acceptors (Lipinski definition) is 6. The third kappa shape index (κ3) is 4.99. The molecule has 1 aliphatic rings. The molecule has 1 unspecified atom stereocenters. The maximum absolute atomic E-state index is 13.4. The van der Waals surface area contributed by atoms with Gasteiger partial charge in [0.15, 0.2) is 11.5 Å². The van der Waals surface area contributed by atoms with Crippen molar-refractivity contribution < 1.29 is 9.59 Å². The summed E-state index contributed by atoms with van der Waals surface area (Å²) in [4.78, 5) is 30.8. The largest absolute Gasteiger partial charge is 0.334 e. The number of nitrogens with one attached hydrogen (secondary N) is 2. The summed E-state index contributed by atoms with van der Waals surface area (Å²) < 4.78 is 1.99. The summed E-state index contributed by atoms with van der Waals surface area (Å²) in [6, 6.07) is 12.2. The van der Waals surface area contributed by atoms with Crippen LogP contribution in [0, 0.1) is 39.1 Å². The summed E-state index contributed by atoms with van der Waals surface area (Å²) in [5.74, 6) is -0.784. The molecule has 2 heterocycles. The normalized spacial score (nSPS) is 14.3. The highest BCUT2D eigenvalue weighted by atomic mass is 127. The second-order valence-corrected chi connectivity index (χ2v) is 10.0. The third-order valence-corrected chi connectivity index (χ3v) is 6.70. The molecule has 0 radical (unpaired) electrons. The van der Waals surface area contributed by atoms with Crippen molar-refractivity contribution in [1.29, 1.82) is 10.5 Å². The first-order valence-corrected chi connectivity index (χ1v) is 12.1. The van der Waals surface area contributed by atoms with Gasteiger partial charge < -0.3 is 10.6 Å². The van der Waals surface area contributed by atoms with Gasteiger partial charge in [-0.2, -0.15) is 15.6 Å². The maximum Gasteiger partial charge on any atom is 0.274 e. The van der Waals surface area contributed by atoms with E-state index in [2.05, 4.69) is 49.4 Å². The SMILES string of the molecule is Cc1cc(I)cc(C(=O)NC(C)(C#N)C2CC2)c1NC(=O)c1cc(C#N)nn1-c1ncccc1Cl. The molecule has 11 heteroatoms. The lowest BCUT2D eigenvalue weighted by molar-refractivity contribution is 0.0918. The van der Waals surface area contributed by atoms with Crippen LogP contribution in [0.25, 0.3) is 5.82 Å². The lowest BCUT2D eigenvalue weighted by Crippen LogP contribution is -2.47. The van der Waals surface area contributed by atoms with Gasteiger partial charge in [-0.3, -0.25) is 9.59 Å². The Kier molecular flexibility index (Phi) is 6.79. The lowest BCUT2D eigenvalue weighted by atomic mass is 9.96. The molecule has 1 saturated carbocycles. The Morgan fingerprint density at radius 3 is 2.63 bits per heavy atom. The molecule has 2 amide bonds. The van der Waals surface area contributed by atoms with Crippen LogP contribution in [-0.4, -0.2) is 32.1 Å². The molecule has 0 spiro atoms. The molecule has 0 bridgehead atoms. The average molecular weight is 600 g/mol. The summed E-state index contributed by atoms with van der Waals surface area (Å²) in [6.45, 7) is 3.48. The van der Waals surface area contributed by atoms with Gasteiger partial charge in [0, 0.05) is 15.8 Å². The van der Waals surface area contributed by atoms with Crippen LogP contribution in [0.2, 0.25) is 5.02 Å². The number of carbonyl (C=O) groups is 2. The lowest BCUT2D eigenvalue weighted by Gasteiger charge is -2.24. The van der Waals surface area contributed by atoms with Crippen molar-refractivity contribution in [3.05, 3.63) is 67.6 Å². The zero-order chi connectivity index (χ0) is 25.3. The second-order valence-electron chi connectivity index (χ2n) is 8.39. The Balaban J connectivity index is 1.72. The number of rotatable bonds is 6. The molecular formula is C24H19ClIN7O2. The van der Waals surface area contributed by atoms with Crippen LogP contribution in [0.3, 0.4) is 0 Å². The quantitative estimate of drug-likeness (QED) is 0.404. The Labute approximate surface area is 220 Å². The van der Waals surface area contributed by atoms with Gasteiger partial charge in [-0.05, 0) is 85.0 Å². The number of aromatic nitrogens is 3. The fraction of sp³-hybridized carbons (Fsp3) is 0.250. The minimum absolute atomic E-state index is 0.00314. The highest BCUT2D eigenvalue weighted by Gasteiger charge is 2.43. The molecule has 1 fully saturated rings. The number of pyridine rings is 1. The smallest absolute Gasteiger partial charge is 0.274 e. The Bertz CT molecular complexity index is 1430. The van der Waals surface area contributed by atoms with Crippen molar-refractivity contribution in [1.82, 2.24) is 20.1 Å². The molecule has 1 aliphatic carbocycles. The molecule has 0 saturated heterocycles. The Hall–Kier alpha value is -3.48. The fourth-order valence-electron chi connectivity index (χ4n) is 3.74. The average Bonchev–Trinajstić information content (AvgIpc) is 3.60. The second kappa shape index (κ2) is 9.64. The maximum atomic E-state index is 13.4. The first-order chi connectivity index (χ1) is 16.7. The highest BCUT2D eigenvalue weighted by molar-refractivity contribution is 14.1. The predicted molar refractivity (Wildman–Crippen MR) is 137 cm³/mol. The molecule has 35 heavy (non-hydrogen) atoms. The topological polar surface area (TPSA) is 136 Å². The van der Waals surface area contributed by atoms with E-state index in [4.69, 9.17) is 11.6 Å². The van der Waals surface area contributed by atoms with Crippen LogP contribution >= 0.6 is 34.2 Å². The van der Waals surface area contributed by atoms with E-state index in [1.165, 1.54) is 16.9 Å². The summed E-state index contributed by atoms with van der Waals surface area (Å²) in [7, 11) is 0. The van der Waals surface area contributed by atoms with Crippen LogP contribution in [0.1, 0.15) is 51.9 Å². The van der Waals surface area contributed by atoms with Crippen molar-refractivity contribution in [2.75, 3.05) is 5.32 Å². The zero-order valence-corrected chi connectivity index (χ0v) is 21.7. The number of nitrogens with zero attached hydrogens (tertiary/aromatic N) is 5. The standard InChI is InChI=1S/C24H19ClIN7O2/c1-13-8-15(26)9-17(22(34)31-24(2,12-28)14-5-6-14)20(13)30-23(35)19-10-16(11-27)32-33(19)21-18(25)4-3-7-29-21/h3-4,7-10,14H,5-6H2,1-2H3,(H,30,35)(H,31,34). The number of amides is 2. The van der Waals surface area contributed by atoms with Gasteiger partial charge in [0.2, 0.25) is 0 Å². The molecule has 2 aromatic heterocycles. The van der Waals surface area contributed by atoms with Crippen LogP contribution in [0.15, 0.2) is 36.5 Å². The monoisotopic (exact) mass is 599 g/mol. The summed E-state index contributed by atoms with van der Waals surface area (Å²) in [5.41, 5.74) is 0.205. The van der Waals surface area contributed by atoms with E-state index in [9.17, 15) is 20.1 Å². The van der Waals surface area contributed by atoms with E-state index in [1.54, 1.807) is 32.0 Å². The fourth-order valence-corrected chi connectivity index (χ4v) is 4.72. The van der Waals surface area contributed by atoms with Crippen molar-refractivity contribution >= 4 is 51.7 Å². The molecule has 0 aliphatic heterocycles. The number of anilines is 1. The Morgan fingerprint density at radius 2 is 2.00 bits per heavy atom. The number of aryl methyl sites for hydroxylation is 1. The molecule has 1 aromatic carbocycles. The highest BCUT2D eigenvalue weighted by Crippen LogP contribution is 2.39. The van der Waals surface area contributed by atoms with Gasteiger partial charge in [0.05, 0.1) is 22.3 Å². The number of nitriles is 2. The van der Waals surface area contributed by atoms with Gasteiger partial charge in [-0.1, -0.05) is 11.6 Å². The number of benzene rings is 1. The van der Waals surface area contributed by atoms with Crippen molar-refractivity contribution in [2.45, 2.75) is 32.2 Å². The molecule has 176 valence electrons. The number of carbonyl (C=O) groups excluding carboxylic acids is 2. The Morgan fingerprint density at radius 1 is 1.26 bits per heavy atom. The van der Waals surface area contributed by atoms with Crippen LogP contribution in [-0.2, 0) is 0 Å². The number of halogens is 2. The summed E-state index contributed by atoms with van der Waals surface area (Å²) >= 11 is 8.34. The molecular weight excluding hydrogens is 581 g/mol. The third-order valence-electron chi connectivity index (χ3n) is 5.78. The van der Waals surface area contributed by atoms with Crippen molar-refractivity contribution in [3.63, 3.8) is 0 Å². The predicted octanol–water partition coefficient (Wildman–Crippen LogP) is 4.38. The molecule has 4 rings (SSSR count). The van der Waals surface area contributed by atoms with E-state index < -0.39 is 17.4 Å². The molecule has 1 atom stereocenters. The minimum Gasteiger partial charge on any atom is -0.334 e.